The third kappa shape index (κ3) is 3.95. The first kappa shape index (κ1) is 16.9. The maximum Gasteiger partial charge on any atom is 0.319 e. The molecule has 0 saturated carbocycles. The number of halogens is 1. The van der Waals surface area contributed by atoms with Crippen LogP contribution >= 0.6 is 11.6 Å². The Morgan fingerprint density at radius 3 is 2.72 bits per heavy atom. The first-order valence-corrected chi connectivity index (χ1v) is 8.08. The van der Waals surface area contributed by atoms with Crippen molar-refractivity contribution in [3.63, 3.8) is 0 Å². The van der Waals surface area contributed by atoms with Crippen LogP contribution in [0.5, 0.6) is 0 Å². The second-order valence-corrected chi connectivity index (χ2v) is 6.00. The number of hydrogen-bond acceptors (Lipinski definition) is 4. The van der Waals surface area contributed by atoms with Crippen LogP contribution < -0.4 is 10.6 Å². The minimum atomic E-state index is -0.304. The van der Waals surface area contributed by atoms with E-state index in [0.29, 0.717) is 10.7 Å². The summed E-state index contributed by atoms with van der Waals surface area (Å²) < 4.78 is 1.57. The van der Waals surface area contributed by atoms with E-state index in [1.165, 1.54) is 6.33 Å². The van der Waals surface area contributed by atoms with Gasteiger partial charge < -0.3 is 10.6 Å². The molecule has 0 fully saturated rings. The first-order chi connectivity index (χ1) is 12.0. The molecule has 2 amide bonds. The summed E-state index contributed by atoms with van der Waals surface area (Å²) in [5, 5.41) is 17.4. The molecule has 0 aliphatic heterocycles. The average molecular weight is 357 g/mol. The molecule has 0 saturated heterocycles. The number of nitrogens with one attached hydrogen (secondary N) is 2. The van der Waals surface area contributed by atoms with Gasteiger partial charge in [-0.1, -0.05) is 29.8 Å². The van der Waals surface area contributed by atoms with Crippen LogP contribution in [0.1, 0.15) is 24.1 Å². The zero-order valence-electron chi connectivity index (χ0n) is 13.8. The summed E-state index contributed by atoms with van der Waals surface area (Å²) in [6.07, 6.45) is 1.52. The summed E-state index contributed by atoms with van der Waals surface area (Å²) >= 11 is 6.16. The van der Waals surface area contributed by atoms with Gasteiger partial charge in [-0.3, -0.25) is 0 Å². The van der Waals surface area contributed by atoms with E-state index in [9.17, 15) is 4.79 Å². The van der Waals surface area contributed by atoms with Gasteiger partial charge in [0.15, 0.2) is 0 Å². The first-order valence-electron chi connectivity index (χ1n) is 7.70. The zero-order valence-corrected chi connectivity index (χ0v) is 14.5. The molecule has 3 rings (SSSR count). The number of benzene rings is 2. The number of urea groups is 1. The number of carbonyl (C=O) groups excluding carboxylic acids is 1. The summed E-state index contributed by atoms with van der Waals surface area (Å²) in [4.78, 5) is 12.2. The number of tetrazole rings is 1. The molecule has 3 aromatic rings. The molecular weight excluding hydrogens is 340 g/mol. The van der Waals surface area contributed by atoms with Gasteiger partial charge in [-0.15, -0.1) is 5.10 Å². The molecule has 128 valence electrons. The Kier molecular flexibility index (Phi) is 4.95. The summed E-state index contributed by atoms with van der Waals surface area (Å²) in [6.45, 7) is 3.80. The highest BCUT2D eigenvalue weighted by atomic mass is 35.5. The molecule has 7 nitrogen and oxygen atoms in total. The van der Waals surface area contributed by atoms with Crippen LogP contribution in [0.3, 0.4) is 0 Å². The van der Waals surface area contributed by atoms with Crippen LogP contribution in [0.4, 0.5) is 10.5 Å². The highest BCUT2D eigenvalue weighted by molar-refractivity contribution is 6.31. The van der Waals surface area contributed by atoms with Crippen LogP contribution in [0, 0.1) is 6.92 Å². The Hall–Kier alpha value is -2.93. The molecule has 0 bridgehead atoms. The Morgan fingerprint density at radius 2 is 2.04 bits per heavy atom. The van der Waals surface area contributed by atoms with Crippen molar-refractivity contribution in [3.8, 4) is 5.69 Å². The van der Waals surface area contributed by atoms with Crippen LogP contribution in [0.25, 0.3) is 5.69 Å². The van der Waals surface area contributed by atoms with Crippen LogP contribution in [-0.4, -0.2) is 26.2 Å². The van der Waals surface area contributed by atoms with E-state index >= 15 is 0 Å². The Balaban J connectivity index is 1.67. The molecule has 0 unspecified atom stereocenters. The predicted molar refractivity (Wildman–Crippen MR) is 95.9 cm³/mol. The fourth-order valence-corrected chi connectivity index (χ4v) is 2.83. The second kappa shape index (κ2) is 7.31. The fourth-order valence-electron chi connectivity index (χ4n) is 2.53. The summed E-state index contributed by atoms with van der Waals surface area (Å²) in [6, 6.07) is 12.4. The second-order valence-electron chi connectivity index (χ2n) is 5.60. The SMILES string of the molecule is Cc1cc(NC(=O)N[C@H](C)c2ccccc2Cl)ccc1-n1cnnn1. The number of aryl methyl sites for hydroxylation is 1. The van der Waals surface area contributed by atoms with Crippen molar-refractivity contribution >= 4 is 23.3 Å². The van der Waals surface area contributed by atoms with Crippen LogP contribution in [0.15, 0.2) is 48.8 Å². The molecule has 0 spiro atoms. The van der Waals surface area contributed by atoms with Gasteiger partial charge in [0, 0.05) is 10.7 Å². The van der Waals surface area contributed by atoms with Gasteiger partial charge in [-0.05, 0) is 59.7 Å². The number of amides is 2. The summed E-state index contributed by atoms with van der Waals surface area (Å²) in [5.74, 6) is 0. The van der Waals surface area contributed by atoms with Crippen molar-refractivity contribution in [2.45, 2.75) is 19.9 Å². The van der Waals surface area contributed by atoms with Gasteiger partial charge in [0.25, 0.3) is 0 Å². The lowest BCUT2D eigenvalue weighted by atomic mass is 10.1. The van der Waals surface area contributed by atoms with Crippen molar-refractivity contribution in [1.29, 1.82) is 0 Å². The molecule has 2 aromatic carbocycles. The summed E-state index contributed by atoms with van der Waals surface area (Å²) in [5.41, 5.74) is 3.33. The Morgan fingerprint density at radius 1 is 1.24 bits per heavy atom. The van der Waals surface area contributed by atoms with E-state index in [-0.39, 0.29) is 12.1 Å². The smallest absolute Gasteiger partial charge is 0.319 e. The number of nitrogens with zero attached hydrogens (tertiary/aromatic N) is 4. The highest BCUT2D eigenvalue weighted by Crippen LogP contribution is 2.22. The van der Waals surface area contributed by atoms with E-state index in [1.807, 2.05) is 44.2 Å². The van der Waals surface area contributed by atoms with E-state index in [0.717, 1.165) is 16.8 Å². The topological polar surface area (TPSA) is 84.7 Å². The lowest BCUT2D eigenvalue weighted by Crippen LogP contribution is -2.31. The molecule has 25 heavy (non-hydrogen) atoms. The summed E-state index contributed by atoms with van der Waals surface area (Å²) in [7, 11) is 0. The normalized spacial score (nSPS) is 11.8. The lowest BCUT2D eigenvalue weighted by molar-refractivity contribution is 0.249. The van der Waals surface area contributed by atoms with E-state index in [2.05, 4.69) is 26.2 Å². The van der Waals surface area contributed by atoms with Gasteiger partial charge in [0.2, 0.25) is 0 Å². The molecule has 0 aliphatic carbocycles. The molecule has 0 aliphatic rings. The van der Waals surface area contributed by atoms with Crippen molar-refractivity contribution in [2.75, 3.05) is 5.32 Å². The molecule has 0 radical (unpaired) electrons. The number of rotatable bonds is 4. The van der Waals surface area contributed by atoms with Crippen LogP contribution in [0.2, 0.25) is 5.02 Å². The predicted octanol–water partition coefficient (Wildman–Crippen LogP) is 3.51. The maximum absolute atomic E-state index is 12.2. The van der Waals surface area contributed by atoms with E-state index < -0.39 is 0 Å². The molecule has 1 atom stereocenters. The molecular formula is C17H17ClN6O. The standard InChI is InChI=1S/C17H17ClN6O/c1-11-9-13(7-8-16(11)24-10-19-22-23-24)21-17(25)20-12(2)14-5-3-4-6-15(14)18/h3-10,12H,1-2H3,(H2,20,21,25)/t12-/m1/s1. The molecule has 2 N–H and O–H groups in total. The maximum atomic E-state index is 12.2. The zero-order chi connectivity index (χ0) is 17.8. The third-order valence-electron chi connectivity index (χ3n) is 3.77. The van der Waals surface area contributed by atoms with Crippen molar-refractivity contribution in [3.05, 3.63) is 64.9 Å². The van der Waals surface area contributed by atoms with Crippen molar-refractivity contribution in [2.24, 2.45) is 0 Å². The fraction of sp³-hybridized carbons (Fsp3) is 0.176. The van der Waals surface area contributed by atoms with Gasteiger partial charge in [0.1, 0.15) is 6.33 Å². The third-order valence-corrected chi connectivity index (χ3v) is 4.11. The number of carbonyl (C=O) groups is 1. The lowest BCUT2D eigenvalue weighted by Gasteiger charge is -2.16. The highest BCUT2D eigenvalue weighted by Gasteiger charge is 2.13. The number of aromatic nitrogens is 4. The minimum Gasteiger partial charge on any atom is -0.331 e. The van der Waals surface area contributed by atoms with Crippen molar-refractivity contribution < 1.29 is 4.79 Å². The number of anilines is 1. The van der Waals surface area contributed by atoms with E-state index in [1.54, 1.807) is 16.8 Å². The Labute approximate surface area is 150 Å². The van der Waals surface area contributed by atoms with Gasteiger partial charge in [-0.25, -0.2) is 9.48 Å². The molecule has 1 heterocycles. The monoisotopic (exact) mass is 356 g/mol. The van der Waals surface area contributed by atoms with Gasteiger partial charge in [0.05, 0.1) is 11.7 Å². The van der Waals surface area contributed by atoms with E-state index in [4.69, 9.17) is 11.6 Å². The van der Waals surface area contributed by atoms with Crippen LogP contribution in [-0.2, 0) is 0 Å². The Bertz CT molecular complexity index is 881. The molecule has 1 aromatic heterocycles. The quantitative estimate of drug-likeness (QED) is 0.749. The van der Waals surface area contributed by atoms with Gasteiger partial charge >= 0.3 is 6.03 Å². The van der Waals surface area contributed by atoms with Crippen molar-refractivity contribution in [1.82, 2.24) is 25.5 Å². The average Bonchev–Trinajstić information content (AvgIpc) is 3.09. The number of hydrogen-bond donors (Lipinski definition) is 2. The molecule has 8 heteroatoms. The largest absolute Gasteiger partial charge is 0.331 e. The minimum absolute atomic E-state index is 0.213. The van der Waals surface area contributed by atoms with Gasteiger partial charge in [-0.2, -0.15) is 0 Å².